The Bertz CT molecular complexity index is 1130. The van der Waals surface area contributed by atoms with Gasteiger partial charge in [-0.1, -0.05) is 18.2 Å². The minimum atomic E-state index is -4.40. The van der Waals surface area contributed by atoms with Crippen molar-refractivity contribution in [1.82, 2.24) is 4.98 Å². The highest BCUT2D eigenvalue weighted by Crippen LogP contribution is 2.34. The monoisotopic (exact) mass is 372 g/mol. The highest BCUT2D eigenvalue weighted by atomic mass is 32.1. The van der Waals surface area contributed by atoms with Crippen LogP contribution in [0.25, 0.3) is 21.0 Å². The summed E-state index contributed by atoms with van der Waals surface area (Å²) in [6, 6.07) is 14.2. The van der Waals surface area contributed by atoms with Crippen molar-refractivity contribution in [3.05, 3.63) is 71.2 Å². The highest BCUT2D eigenvalue weighted by Gasteiger charge is 2.30. The van der Waals surface area contributed by atoms with Gasteiger partial charge in [0.05, 0.1) is 16.0 Å². The standard InChI is InChI=1S/C19H11F3N2OS/c20-19(21,22)13-5-3-12-8-17(26-16(12)9-13)18(25)24-14-6-4-11-2-1-7-23-15(11)10-14/h1-10H,(H,24,25). The number of thiophene rings is 1. The Kier molecular flexibility index (Phi) is 3.88. The van der Waals surface area contributed by atoms with Crippen LogP contribution in [0.2, 0.25) is 0 Å². The number of amides is 1. The van der Waals surface area contributed by atoms with E-state index in [2.05, 4.69) is 10.3 Å². The summed E-state index contributed by atoms with van der Waals surface area (Å²) in [5.74, 6) is -0.366. The number of anilines is 1. The molecule has 0 radical (unpaired) electrons. The molecule has 1 N–H and O–H groups in total. The summed E-state index contributed by atoms with van der Waals surface area (Å²) in [5.41, 5.74) is 0.602. The lowest BCUT2D eigenvalue weighted by Gasteiger charge is -2.05. The summed E-state index contributed by atoms with van der Waals surface area (Å²) in [4.78, 5) is 17.0. The first-order valence-electron chi connectivity index (χ1n) is 7.67. The van der Waals surface area contributed by atoms with E-state index in [-0.39, 0.29) is 5.91 Å². The highest BCUT2D eigenvalue weighted by molar-refractivity contribution is 7.20. The average molecular weight is 372 g/mol. The molecule has 0 bridgehead atoms. The second-order valence-corrected chi connectivity index (χ2v) is 6.81. The van der Waals surface area contributed by atoms with E-state index in [1.165, 1.54) is 6.07 Å². The number of rotatable bonds is 2. The lowest BCUT2D eigenvalue weighted by Crippen LogP contribution is -2.09. The number of halogens is 3. The summed E-state index contributed by atoms with van der Waals surface area (Å²) in [6.45, 7) is 0. The molecule has 4 aromatic rings. The van der Waals surface area contributed by atoms with E-state index in [9.17, 15) is 18.0 Å². The van der Waals surface area contributed by atoms with E-state index < -0.39 is 11.7 Å². The molecule has 2 aromatic carbocycles. The van der Waals surface area contributed by atoms with E-state index in [0.717, 1.165) is 34.4 Å². The molecule has 2 heterocycles. The summed E-state index contributed by atoms with van der Waals surface area (Å²) >= 11 is 1.03. The first-order valence-corrected chi connectivity index (χ1v) is 8.49. The average Bonchev–Trinajstić information content (AvgIpc) is 3.04. The second-order valence-electron chi connectivity index (χ2n) is 5.73. The molecule has 7 heteroatoms. The van der Waals surface area contributed by atoms with E-state index in [0.29, 0.717) is 20.7 Å². The molecule has 3 nitrogen and oxygen atoms in total. The Morgan fingerprint density at radius 2 is 1.81 bits per heavy atom. The van der Waals surface area contributed by atoms with Crippen LogP contribution in [0.5, 0.6) is 0 Å². The number of pyridine rings is 1. The van der Waals surface area contributed by atoms with E-state index in [1.54, 1.807) is 24.4 Å². The van der Waals surface area contributed by atoms with Gasteiger partial charge in [0.25, 0.3) is 5.91 Å². The van der Waals surface area contributed by atoms with Crippen LogP contribution < -0.4 is 5.32 Å². The molecule has 0 atom stereocenters. The number of fused-ring (bicyclic) bond motifs is 2. The molecule has 0 aliphatic heterocycles. The van der Waals surface area contributed by atoms with Crippen LogP contribution in [0.15, 0.2) is 60.8 Å². The van der Waals surface area contributed by atoms with Gasteiger partial charge in [-0.25, -0.2) is 0 Å². The number of aromatic nitrogens is 1. The predicted octanol–water partition coefficient (Wildman–Crippen LogP) is 5.72. The molecule has 2 aromatic heterocycles. The first-order chi connectivity index (χ1) is 12.4. The second kappa shape index (κ2) is 6.10. The van der Waals surface area contributed by atoms with Crippen LogP contribution in [0.3, 0.4) is 0 Å². The number of hydrogen-bond acceptors (Lipinski definition) is 3. The van der Waals surface area contributed by atoms with Gasteiger partial charge >= 0.3 is 6.18 Å². The maximum Gasteiger partial charge on any atom is 0.416 e. The van der Waals surface area contributed by atoms with Crippen molar-refractivity contribution in [2.45, 2.75) is 6.18 Å². The molecule has 0 saturated heterocycles. The topological polar surface area (TPSA) is 42.0 Å². The van der Waals surface area contributed by atoms with Crippen molar-refractivity contribution < 1.29 is 18.0 Å². The molecule has 0 aliphatic rings. The fourth-order valence-corrected chi connectivity index (χ4v) is 3.65. The zero-order valence-corrected chi connectivity index (χ0v) is 14.0. The quantitative estimate of drug-likeness (QED) is 0.489. The van der Waals surface area contributed by atoms with E-state index in [4.69, 9.17) is 0 Å². The van der Waals surface area contributed by atoms with Gasteiger partial charge in [0.2, 0.25) is 0 Å². The number of carbonyl (C=O) groups excluding carboxylic acids is 1. The van der Waals surface area contributed by atoms with Crippen LogP contribution in [0, 0.1) is 0 Å². The van der Waals surface area contributed by atoms with Gasteiger partial charge in [0.1, 0.15) is 0 Å². The molecule has 0 fully saturated rings. The maximum atomic E-state index is 12.8. The number of alkyl halides is 3. The number of benzene rings is 2. The fraction of sp³-hybridized carbons (Fsp3) is 0.0526. The molecule has 0 spiro atoms. The molecule has 0 aliphatic carbocycles. The number of nitrogens with one attached hydrogen (secondary N) is 1. The Labute approximate surface area is 150 Å². The molecule has 26 heavy (non-hydrogen) atoms. The van der Waals surface area contributed by atoms with Crippen molar-refractivity contribution in [1.29, 1.82) is 0 Å². The molecule has 1 amide bonds. The minimum Gasteiger partial charge on any atom is -0.321 e. The van der Waals surface area contributed by atoms with Gasteiger partial charge in [-0.15, -0.1) is 11.3 Å². The van der Waals surface area contributed by atoms with Gasteiger partial charge < -0.3 is 5.32 Å². The normalized spacial score (nSPS) is 11.8. The van der Waals surface area contributed by atoms with E-state index in [1.807, 2.05) is 18.2 Å². The Hall–Kier alpha value is -2.93. The van der Waals surface area contributed by atoms with Gasteiger partial charge in [0, 0.05) is 22.0 Å². The van der Waals surface area contributed by atoms with Crippen LogP contribution in [-0.4, -0.2) is 10.9 Å². The van der Waals surface area contributed by atoms with Crippen LogP contribution >= 0.6 is 11.3 Å². The molecule has 4 rings (SSSR count). The number of hydrogen-bond donors (Lipinski definition) is 1. The van der Waals surface area contributed by atoms with Crippen molar-refractivity contribution in [3.8, 4) is 0 Å². The summed E-state index contributed by atoms with van der Waals surface area (Å²) in [7, 11) is 0. The molecule has 0 unspecified atom stereocenters. The molecule has 130 valence electrons. The third-order valence-corrected chi connectivity index (χ3v) is 5.03. The lowest BCUT2D eigenvalue weighted by atomic mass is 10.1. The third kappa shape index (κ3) is 3.13. The number of nitrogens with zero attached hydrogens (tertiary/aromatic N) is 1. The minimum absolute atomic E-state index is 0.348. The van der Waals surface area contributed by atoms with Crippen molar-refractivity contribution >= 4 is 43.9 Å². The number of carbonyl (C=O) groups is 1. The summed E-state index contributed by atoms with van der Waals surface area (Å²) in [5, 5.41) is 4.32. The van der Waals surface area contributed by atoms with Crippen LogP contribution in [0.1, 0.15) is 15.2 Å². The fourth-order valence-electron chi connectivity index (χ4n) is 2.66. The van der Waals surface area contributed by atoms with Crippen molar-refractivity contribution in [2.75, 3.05) is 5.32 Å². The van der Waals surface area contributed by atoms with Crippen molar-refractivity contribution in [3.63, 3.8) is 0 Å². The van der Waals surface area contributed by atoms with Crippen LogP contribution in [0.4, 0.5) is 18.9 Å². The zero-order chi connectivity index (χ0) is 18.3. The summed E-state index contributed by atoms with van der Waals surface area (Å²) in [6.07, 6.45) is -2.74. The van der Waals surface area contributed by atoms with Gasteiger partial charge in [-0.05, 0) is 41.8 Å². The first kappa shape index (κ1) is 16.5. The van der Waals surface area contributed by atoms with E-state index >= 15 is 0 Å². The Balaban J connectivity index is 1.62. The smallest absolute Gasteiger partial charge is 0.321 e. The van der Waals surface area contributed by atoms with Gasteiger partial charge in [-0.3, -0.25) is 9.78 Å². The maximum absolute atomic E-state index is 12.8. The molecular weight excluding hydrogens is 361 g/mol. The predicted molar refractivity (Wildman–Crippen MR) is 96.5 cm³/mol. The Morgan fingerprint density at radius 1 is 1.00 bits per heavy atom. The van der Waals surface area contributed by atoms with Crippen molar-refractivity contribution in [2.24, 2.45) is 0 Å². The van der Waals surface area contributed by atoms with Gasteiger partial charge in [-0.2, -0.15) is 13.2 Å². The SMILES string of the molecule is O=C(Nc1ccc2cccnc2c1)c1cc2ccc(C(F)(F)F)cc2s1. The Morgan fingerprint density at radius 3 is 2.62 bits per heavy atom. The molecular formula is C19H11F3N2OS. The van der Waals surface area contributed by atoms with Crippen LogP contribution in [-0.2, 0) is 6.18 Å². The summed E-state index contributed by atoms with van der Waals surface area (Å²) < 4.78 is 38.9. The lowest BCUT2D eigenvalue weighted by molar-refractivity contribution is -0.137. The zero-order valence-electron chi connectivity index (χ0n) is 13.2. The largest absolute Gasteiger partial charge is 0.416 e. The third-order valence-electron chi connectivity index (χ3n) is 3.93. The van der Waals surface area contributed by atoms with Gasteiger partial charge in [0.15, 0.2) is 0 Å². The molecule has 0 saturated carbocycles.